The predicted molar refractivity (Wildman–Crippen MR) is 117 cm³/mol. The first-order valence-electron chi connectivity index (χ1n) is 10.5. The molecule has 6 nitrogen and oxygen atoms in total. The molecule has 3 rings (SSSR count). The molecule has 1 saturated heterocycles. The summed E-state index contributed by atoms with van der Waals surface area (Å²) in [6.07, 6.45) is 8.49. The number of hydrogen-bond acceptors (Lipinski definition) is 4. The molecule has 1 spiro atoms. The van der Waals surface area contributed by atoms with Crippen molar-refractivity contribution in [1.82, 2.24) is 14.5 Å². The molecule has 1 atom stereocenters. The van der Waals surface area contributed by atoms with Crippen LogP contribution in [0.25, 0.3) is 6.08 Å². The lowest BCUT2D eigenvalue weighted by Crippen LogP contribution is -2.53. The number of carbonyl (C=O) groups excluding carboxylic acids is 1. The number of rotatable bonds is 8. The van der Waals surface area contributed by atoms with Crippen LogP contribution in [-0.2, 0) is 20.2 Å². The average molecular weight is 420 g/mol. The van der Waals surface area contributed by atoms with Crippen molar-refractivity contribution in [2.24, 2.45) is 0 Å². The van der Waals surface area contributed by atoms with E-state index in [1.807, 2.05) is 11.8 Å². The molecule has 0 aromatic heterocycles. The SMILES string of the molecule is CCCCC(NS(=O)(=O)CN(C)C)C(=O)N1CCC2(C=Cc3ccccc32)CC1. The number of amides is 1. The van der Waals surface area contributed by atoms with E-state index in [0.29, 0.717) is 19.5 Å². The lowest BCUT2D eigenvalue weighted by Gasteiger charge is -2.40. The van der Waals surface area contributed by atoms with Crippen LogP contribution in [0.4, 0.5) is 0 Å². The summed E-state index contributed by atoms with van der Waals surface area (Å²) in [5.41, 5.74) is 2.63. The van der Waals surface area contributed by atoms with E-state index >= 15 is 0 Å². The lowest BCUT2D eigenvalue weighted by molar-refractivity contribution is -0.134. The van der Waals surface area contributed by atoms with E-state index in [9.17, 15) is 13.2 Å². The van der Waals surface area contributed by atoms with E-state index in [0.717, 1.165) is 25.7 Å². The summed E-state index contributed by atoms with van der Waals surface area (Å²) >= 11 is 0. The lowest BCUT2D eigenvalue weighted by atomic mass is 9.74. The number of carbonyl (C=O) groups is 1. The fourth-order valence-electron chi connectivity index (χ4n) is 4.45. The van der Waals surface area contributed by atoms with E-state index in [1.165, 1.54) is 11.1 Å². The van der Waals surface area contributed by atoms with Crippen molar-refractivity contribution in [3.05, 3.63) is 41.5 Å². The maximum Gasteiger partial charge on any atom is 0.240 e. The Labute approximate surface area is 175 Å². The molecule has 2 aliphatic rings. The first-order chi connectivity index (χ1) is 13.8. The van der Waals surface area contributed by atoms with Gasteiger partial charge in [0.15, 0.2) is 0 Å². The number of piperidine rings is 1. The summed E-state index contributed by atoms with van der Waals surface area (Å²) in [4.78, 5) is 16.6. The number of unbranched alkanes of at least 4 members (excludes halogenated alkanes) is 1. The van der Waals surface area contributed by atoms with Gasteiger partial charge in [-0.2, -0.15) is 0 Å². The van der Waals surface area contributed by atoms with Crippen molar-refractivity contribution in [1.29, 1.82) is 0 Å². The van der Waals surface area contributed by atoms with Gasteiger partial charge >= 0.3 is 0 Å². The Morgan fingerprint density at radius 1 is 1.24 bits per heavy atom. The minimum Gasteiger partial charge on any atom is -0.341 e. The number of sulfonamides is 1. The molecule has 1 unspecified atom stereocenters. The summed E-state index contributed by atoms with van der Waals surface area (Å²) in [5, 5.41) is 0. The molecule has 1 aromatic carbocycles. The molecule has 0 radical (unpaired) electrons. The third-order valence-electron chi connectivity index (χ3n) is 5.94. The number of benzene rings is 1. The molecule has 1 aromatic rings. The van der Waals surface area contributed by atoms with E-state index in [-0.39, 0.29) is 17.2 Å². The molecule has 1 heterocycles. The normalized spacial score (nSPS) is 19.0. The molecule has 1 fully saturated rings. The Morgan fingerprint density at radius 3 is 2.59 bits per heavy atom. The third-order valence-corrected chi connectivity index (χ3v) is 7.44. The summed E-state index contributed by atoms with van der Waals surface area (Å²) in [7, 11) is -0.124. The maximum atomic E-state index is 13.2. The van der Waals surface area contributed by atoms with Crippen LogP contribution in [0.15, 0.2) is 30.3 Å². The van der Waals surface area contributed by atoms with Crippen LogP contribution in [0, 0.1) is 0 Å². The average Bonchev–Trinajstić information content (AvgIpc) is 3.03. The maximum absolute atomic E-state index is 13.2. The van der Waals surface area contributed by atoms with Gasteiger partial charge in [-0.05, 0) is 44.5 Å². The second-order valence-corrected chi connectivity index (χ2v) is 10.3. The van der Waals surface area contributed by atoms with Gasteiger partial charge in [-0.15, -0.1) is 0 Å². The molecule has 1 amide bonds. The van der Waals surface area contributed by atoms with Crippen molar-refractivity contribution in [2.45, 2.75) is 50.5 Å². The fraction of sp³-hybridized carbons (Fsp3) is 0.591. The smallest absolute Gasteiger partial charge is 0.240 e. The monoisotopic (exact) mass is 419 g/mol. The van der Waals surface area contributed by atoms with Gasteiger partial charge in [0.25, 0.3) is 0 Å². The van der Waals surface area contributed by atoms with Crippen molar-refractivity contribution >= 4 is 22.0 Å². The molecular weight excluding hydrogens is 386 g/mol. The number of hydrogen-bond donors (Lipinski definition) is 1. The largest absolute Gasteiger partial charge is 0.341 e. The van der Waals surface area contributed by atoms with Gasteiger partial charge in [0.05, 0.1) is 0 Å². The highest BCUT2D eigenvalue weighted by atomic mass is 32.2. The van der Waals surface area contributed by atoms with Gasteiger partial charge in [-0.1, -0.05) is 56.2 Å². The van der Waals surface area contributed by atoms with E-state index in [4.69, 9.17) is 0 Å². The van der Waals surface area contributed by atoms with Gasteiger partial charge in [0, 0.05) is 18.5 Å². The second-order valence-electron chi connectivity index (χ2n) is 8.54. The number of nitrogens with one attached hydrogen (secondary N) is 1. The first-order valence-corrected chi connectivity index (χ1v) is 12.1. The van der Waals surface area contributed by atoms with Gasteiger partial charge in [-0.25, -0.2) is 13.1 Å². The number of likely N-dealkylation sites (tertiary alicyclic amines) is 1. The van der Waals surface area contributed by atoms with Crippen molar-refractivity contribution in [3.8, 4) is 0 Å². The fourth-order valence-corrected chi connectivity index (χ4v) is 5.86. The Morgan fingerprint density at radius 2 is 1.93 bits per heavy atom. The summed E-state index contributed by atoms with van der Waals surface area (Å²) < 4.78 is 27.5. The van der Waals surface area contributed by atoms with Gasteiger partial charge in [0.1, 0.15) is 11.9 Å². The molecule has 29 heavy (non-hydrogen) atoms. The quantitative estimate of drug-likeness (QED) is 0.703. The second kappa shape index (κ2) is 8.98. The zero-order valence-corrected chi connectivity index (χ0v) is 18.5. The molecule has 1 aliphatic carbocycles. The number of fused-ring (bicyclic) bond motifs is 2. The summed E-state index contributed by atoms with van der Waals surface area (Å²) in [6, 6.07) is 7.77. The standard InChI is InChI=1S/C22H33N3O3S/c1-4-5-10-20(23-29(27,28)17-24(2)3)21(26)25-15-13-22(14-16-25)12-11-18-8-6-7-9-19(18)22/h6-9,11-12,20,23H,4-5,10,13-17H2,1-3H3. The van der Waals surface area contributed by atoms with Crippen LogP contribution >= 0.6 is 0 Å². The number of nitrogens with zero attached hydrogens (tertiary/aromatic N) is 2. The molecule has 160 valence electrons. The topological polar surface area (TPSA) is 69.7 Å². The highest BCUT2D eigenvalue weighted by Gasteiger charge is 2.40. The Bertz CT molecular complexity index is 856. The van der Waals surface area contributed by atoms with Crippen LogP contribution < -0.4 is 4.72 Å². The van der Waals surface area contributed by atoms with Crippen LogP contribution in [0.3, 0.4) is 0 Å². The first kappa shape index (κ1) is 22.0. The minimum absolute atomic E-state index is 0.0106. The van der Waals surface area contributed by atoms with Gasteiger partial charge in [0.2, 0.25) is 15.9 Å². The zero-order valence-electron chi connectivity index (χ0n) is 17.7. The highest BCUT2D eigenvalue weighted by Crippen LogP contribution is 2.43. The molecule has 7 heteroatoms. The highest BCUT2D eigenvalue weighted by molar-refractivity contribution is 7.89. The van der Waals surface area contributed by atoms with Crippen LogP contribution in [0.1, 0.15) is 50.2 Å². The van der Waals surface area contributed by atoms with Crippen LogP contribution in [0.5, 0.6) is 0 Å². The molecule has 0 bridgehead atoms. The Kier molecular flexibility index (Phi) is 6.81. The third kappa shape index (κ3) is 5.08. The van der Waals surface area contributed by atoms with Gasteiger partial charge in [-0.3, -0.25) is 9.69 Å². The van der Waals surface area contributed by atoms with E-state index < -0.39 is 16.1 Å². The Hall–Kier alpha value is -1.70. The molecule has 0 saturated carbocycles. The van der Waals surface area contributed by atoms with Crippen molar-refractivity contribution in [3.63, 3.8) is 0 Å². The van der Waals surface area contributed by atoms with Crippen LogP contribution in [0.2, 0.25) is 0 Å². The van der Waals surface area contributed by atoms with Gasteiger partial charge < -0.3 is 4.90 Å². The molecule has 1 aliphatic heterocycles. The molecule has 1 N–H and O–H groups in total. The summed E-state index contributed by atoms with van der Waals surface area (Å²) in [5.74, 6) is -0.209. The zero-order chi connectivity index (χ0) is 21.1. The van der Waals surface area contributed by atoms with E-state index in [2.05, 4.69) is 41.1 Å². The van der Waals surface area contributed by atoms with Crippen molar-refractivity contribution < 1.29 is 13.2 Å². The van der Waals surface area contributed by atoms with E-state index in [1.54, 1.807) is 19.0 Å². The van der Waals surface area contributed by atoms with Crippen molar-refractivity contribution in [2.75, 3.05) is 33.1 Å². The Balaban J connectivity index is 1.68. The predicted octanol–water partition coefficient (Wildman–Crippen LogP) is 2.57. The minimum atomic E-state index is -3.54. The van der Waals surface area contributed by atoms with Crippen LogP contribution in [-0.4, -0.2) is 63.2 Å². The number of allylic oxidation sites excluding steroid dienone is 1. The molecular formula is C22H33N3O3S. The summed E-state index contributed by atoms with van der Waals surface area (Å²) in [6.45, 7) is 3.34.